The van der Waals surface area contributed by atoms with E-state index in [4.69, 9.17) is 9.47 Å². The normalized spacial score (nSPS) is 11.6. The van der Waals surface area contributed by atoms with E-state index in [-0.39, 0.29) is 0 Å². The molecular weight excluding hydrogens is 382 g/mol. The molecule has 0 saturated heterocycles. The van der Waals surface area contributed by atoms with Gasteiger partial charge in [0.1, 0.15) is 18.0 Å². The topological polar surface area (TPSA) is 18.5 Å². The lowest BCUT2D eigenvalue weighted by Crippen LogP contribution is -2.33. The minimum Gasteiger partial charge on any atom is -0.493 e. The first-order valence-corrected chi connectivity index (χ1v) is 13.1. The number of quaternary nitrogens is 1. The summed E-state index contributed by atoms with van der Waals surface area (Å²) < 4.78 is 13.2. The van der Waals surface area contributed by atoms with E-state index in [1.54, 1.807) is 0 Å². The van der Waals surface area contributed by atoms with Crippen LogP contribution in [0.5, 0.6) is 11.5 Å². The lowest BCUT2D eigenvalue weighted by molar-refractivity contribution is -0.884. The number of hydrogen-bond donors (Lipinski definition) is 0. The average molecular weight is 435 g/mol. The van der Waals surface area contributed by atoms with Gasteiger partial charge in [0.2, 0.25) is 0 Å². The van der Waals surface area contributed by atoms with Gasteiger partial charge in [0.15, 0.2) is 0 Å². The summed E-state index contributed by atoms with van der Waals surface area (Å²) >= 11 is 0. The lowest BCUT2D eigenvalue weighted by Gasteiger charge is -2.24. The van der Waals surface area contributed by atoms with Crippen LogP contribution in [-0.4, -0.2) is 38.8 Å². The van der Waals surface area contributed by atoms with Crippen LogP contribution in [0, 0.1) is 0 Å². The molecule has 1 rings (SSSR count). The predicted molar refractivity (Wildman–Crippen MR) is 135 cm³/mol. The first-order valence-electron chi connectivity index (χ1n) is 13.1. The maximum absolute atomic E-state index is 6.12. The molecule has 1 aromatic carbocycles. The third-order valence-electron chi connectivity index (χ3n) is 5.63. The third-order valence-corrected chi connectivity index (χ3v) is 5.63. The van der Waals surface area contributed by atoms with Crippen molar-refractivity contribution < 1.29 is 14.0 Å². The Morgan fingerprint density at radius 2 is 0.935 bits per heavy atom. The first kappa shape index (κ1) is 27.8. The van der Waals surface area contributed by atoms with Crippen molar-refractivity contribution in [3.05, 3.63) is 23.8 Å². The molecule has 0 amide bonds. The van der Waals surface area contributed by atoms with Crippen LogP contribution in [-0.2, 0) is 6.54 Å². The summed E-state index contributed by atoms with van der Waals surface area (Å²) in [6.45, 7) is 7.13. The summed E-state index contributed by atoms with van der Waals surface area (Å²) in [6, 6.07) is 6.48. The zero-order valence-corrected chi connectivity index (χ0v) is 21.5. The number of hydrogen-bond acceptors (Lipinski definition) is 2. The molecule has 3 heteroatoms. The first-order chi connectivity index (χ1) is 14.9. The van der Waals surface area contributed by atoms with Gasteiger partial charge in [-0.05, 0) is 25.0 Å². The fraction of sp³-hybridized carbons (Fsp3) is 0.786. The van der Waals surface area contributed by atoms with Crippen LogP contribution in [0.4, 0.5) is 0 Å². The van der Waals surface area contributed by atoms with Gasteiger partial charge in [0.05, 0.1) is 34.4 Å². The number of benzene rings is 1. The smallest absolute Gasteiger partial charge is 0.123 e. The minimum absolute atomic E-state index is 0.804. The van der Waals surface area contributed by atoms with E-state index in [2.05, 4.69) is 53.2 Å². The molecule has 0 saturated carbocycles. The Kier molecular flexibility index (Phi) is 15.6. The zero-order valence-electron chi connectivity index (χ0n) is 21.5. The highest BCUT2D eigenvalue weighted by Crippen LogP contribution is 2.25. The quantitative estimate of drug-likeness (QED) is 0.152. The number of unbranched alkanes of at least 4 members (excludes halogenated alkanes) is 12. The van der Waals surface area contributed by atoms with E-state index in [9.17, 15) is 0 Å². The summed E-state index contributed by atoms with van der Waals surface area (Å²) in [5.74, 6) is 1.93. The molecule has 0 unspecified atom stereocenters. The SMILES string of the molecule is CCCCCCCCCOc1cc(C[N+](C)(C)C)cc(OCCCCCCCCC)c1. The van der Waals surface area contributed by atoms with Gasteiger partial charge in [-0.25, -0.2) is 0 Å². The molecule has 0 radical (unpaired) electrons. The second-order valence-corrected chi connectivity index (χ2v) is 10.2. The highest BCUT2D eigenvalue weighted by Gasteiger charge is 2.12. The van der Waals surface area contributed by atoms with Crippen molar-refractivity contribution in [3.63, 3.8) is 0 Å². The fourth-order valence-electron chi connectivity index (χ4n) is 3.93. The Balaban J connectivity index is 2.43. The minimum atomic E-state index is 0.804. The van der Waals surface area contributed by atoms with Crippen molar-refractivity contribution in [1.82, 2.24) is 0 Å². The van der Waals surface area contributed by atoms with E-state index >= 15 is 0 Å². The molecule has 0 aliphatic carbocycles. The predicted octanol–water partition coefficient (Wildman–Crippen LogP) is 8.15. The molecule has 0 aromatic heterocycles. The van der Waals surface area contributed by atoms with Gasteiger partial charge in [0.25, 0.3) is 0 Å². The summed E-state index contributed by atoms with van der Waals surface area (Å²) in [5.41, 5.74) is 1.29. The van der Waals surface area contributed by atoms with Crippen molar-refractivity contribution in [2.45, 2.75) is 110 Å². The van der Waals surface area contributed by atoms with E-state index in [1.807, 2.05) is 0 Å². The number of rotatable bonds is 20. The Morgan fingerprint density at radius 3 is 1.32 bits per heavy atom. The molecule has 1 aromatic rings. The maximum Gasteiger partial charge on any atom is 0.123 e. The molecule has 0 fully saturated rings. The van der Waals surface area contributed by atoms with Crippen molar-refractivity contribution in [1.29, 1.82) is 0 Å². The highest BCUT2D eigenvalue weighted by molar-refractivity contribution is 5.38. The van der Waals surface area contributed by atoms with E-state index < -0.39 is 0 Å². The molecule has 0 atom stereocenters. The van der Waals surface area contributed by atoms with Gasteiger partial charge in [-0.15, -0.1) is 0 Å². The molecular formula is C28H52NO2+. The summed E-state index contributed by atoms with van der Waals surface area (Å²) in [5, 5.41) is 0. The second-order valence-electron chi connectivity index (χ2n) is 10.2. The second kappa shape index (κ2) is 17.3. The van der Waals surface area contributed by atoms with Gasteiger partial charge in [-0.1, -0.05) is 90.9 Å². The van der Waals surface area contributed by atoms with Crippen LogP contribution in [0.2, 0.25) is 0 Å². The maximum atomic E-state index is 6.12. The number of nitrogens with zero attached hydrogens (tertiary/aromatic N) is 1. The highest BCUT2D eigenvalue weighted by atomic mass is 16.5. The molecule has 0 aliphatic heterocycles. The molecule has 3 nitrogen and oxygen atoms in total. The molecule has 31 heavy (non-hydrogen) atoms. The van der Waals surface area contributed by atoms with Gasteiger partial charge in [-0.2, -0.15) is 0 Å². The van der Waals surface area contributed by atoms with Crippen molar-refractivity contribution >= 4 is 0 Å². The van der Waals surface area contributed by atoms with Gasteiger partial charge in [-0.3, -0.25) is 0 Å². The zero-order chi connectivity index (χ0) is 22.8. The Labute approximate surface area is 194 Å². The molecule has 0 spiro atoms. The van der Waals surface area contributed by atoms with Crippen LogP contribution < -0.4 is 9.47 Å². The average Bonchev–Trinajstić information content (AvgIpc) is 2.70. The summed E-state index contributed by atoms with van der Waals surface area (Å²) in [4.78, 5) is 0. The van der Waals surface area contributed by atoms with Crippen LogP contribution in [0.15, 0.2) is 18.2 Å². The summed E-state index contributed by atoms with van der Waals surface area (Å²) in [6.07, 6.45) is 18.3. The van der Waals surface area contributed by atoms with Crippen LogP contribution >= 0.6 is 0 Å². The van der Waals surface area contributed by atoms with E-state index in [1.165, 1.54) is 82.6 Å². The largest absolute Gasteiger partial charge is 0.493 e. The van der Waals surface area contributed by atoms with Crippen molar-refractivity contribution in [2.24, 2.45) is 0 Å². The Bertz CT molecular complexity index is 512. The third kappa shape index (κ3) is 16.1. The van der Waals surface area contributed by atoms with Gasteiger partial charge < -0.3 is 14.0 Å². The molecule has 180 valence electrons. The molecule has 0 N–H and O–H groups in total. The Morgan fingerprint density at radius 1 is 0.548 bits per heavy atom. The summed E-state index contributed by atoms with van der Waals surface area (Å²) in [7, 11) is 6.68. The standard InChI is InChI=1S/C28H52NO2/c1-6-8-10-12-14-16-18-20-30-27-22-26(25-29(3,4)5)23-28(24-27)31-21-19-17-15-13-11-9-7-2/h22-24H,6-21,25H2,1-5H3/q+1. The fourth-order valence-corrected chi connectivity index (χ4v) is 3.93. The van der Waals surface area contributed by atoms with Crippen LogP contribution in [0.25, 0.3) is 0 Å². The van der Waals surface area contributed by atoms with Gasteiger partial charge >= 0.3 is 0 Å². The molecule has 0 bridgehead atoms. The Hall–Kier alpha value is -1.22. The van der Waals surface area contributed by atoms with Crippen molar-refractivity contribution in [2.75, 3.05) is 34.4 Å². The molecule has 0 heterocycles. The van der Waals surface area contributed by atoms with E-state index in [0.29, 0.717) is 0 Å². The lowest BCUT2D eigenvalue weighted by atomic mass is 10.1. The molecule has 0 aliphatic rings. The van der Waals surface area contributed by atoms with E-state index in [0.717, 1.165) is 48.6 Å². The number of ether oxygens (including phenoxy) is 2. The van der Waals surface area contributed by atoms with Crippen molar-refractivity contribution in [3.8, 4) is 11.5 Å². The monoisotopic (exact) mass is 434 g/mol. The van der Waals surface area contributed by atoms with Gasteiger partial charge in [0, 0.05) is 11.6 Å². The van der Waals surface area contributed by atoms with Crippen LogP contribution in [0.3, 0.4) is 0 Å². The van der Waals surface area contributed by atoms with Crippen LogP contribution in [0.1, 0.15) is 109 Å².